The maximum atomic E-state index is 12.4. The molecule has 0 aliphatic carbocycles. The molecule has 0 aromatic heterocycles. The number of benzene rings is 2. The Bertz CT molecular complexity index is 684. The number of rotatable bonds is 5. The van der Waals surface area contributed by atoms with Gasteiger partial charge in [-0.2, -0.15) is 0 Å². The summed E-state index contributed by atoms with van der Waals surface area (Å²) in [6.07, 6.45) is 1.81. The fraction of sp³-hybridized carbons (Fsp3) is 0.381. The van der Waals surface area contributed by atoms with Crippen LogP contribution in [0, 0.1) is 5.92 Å². The van der Waals surface area contributed by atoms with Gasteiger partial charge in [-0.05, 0) is 63.1 Å². The molecule has 1 unspecified atom stereocenters. The van der Waals surface area contributed by atoms with Crippen LogP contribution in [0.25, 0.3) is 0 Å². The molecule has 3 rings (SSSR count). The summed E-state index contributed by atoms with van der Waals surface area (Å²) < 4.78 is 0. The van der Waals surface area contributed by atoms with Crippen molar-refractivity contribution in [1.82, 2.24) is 5.32 Å². The van der Waals surface area contributed by atoms with Crippen molar-refractivity contribution < 1.29 is 4.79 Å². The van der Waals surface area contributed by atoms with Crippen LogP contribution in [-0.2, 0) is 4.79 Å². The molecule has 25 heavy (non-hydrogen) atoms. The molecule has 4 nitrogen and oxygen atoms in total. The molecule has 3 N–H and O–H groups in total. The van der Waals surface area contributed by atoms with E-state index >= 15 is 0 Å². The molecule has 0 spiro atoms. The average Bonchev–Trinajstić information content (AvgIpc) is 2.64. The minimum absolute atomic E-state index is 0.104. The third kappa shape index (κ3) is 4.83. The van der Waals surface area contributed by atoms with Crippen molar-refractivity contribution in [2.45, 2.75) is 38.8 Å². The number of carbonyl (C=O) groups is 1. The molecule has 132 valence electrons. The first kappa shape index (κ1) is 17.5. The van der Waals surface area contributed by atoms with Crippen LogP contribution < -0.4 is 16.0 Å². The summed E-state index contributed by atoms with van der Waals surface area (Å²) in [5.41, 5.74) is 3.15. The van der Waals surface area contributed by atoms with Gasteiger partial charge >= 0.3 is 0 Å². The third-order valence-corrected chi connectivity index (χ3v) is 4.83. The van der Waals surface area contributed by atoms with Crippen molar-refractivity contribution in [3.63, 3.8) is 0 Å². The number of piperidine rings is 1. The standard InChI is InChI=1S/C21H27N3O/c1-15-14-18(12-13-22-15)21(25)24-20-10-8-19(9-11-20)23-16(2)17-6-4-3-5-7-17/h3-11,15-16,18,22-23H,12-14H2,1-2H3,(H,24,25)/t15-,16?,18-/m0/s1. The number of hydrogen-bond acceptors (Lipinski definition) is 3. The number of hydrogen-bond donors (Lipinski definition) is 3. The first-order valence-corrected chi connectivity index (χ1v) is 9.07. The first-order valence-electron chi connectivity index (χ1n) is 9.07. The quantitative estimate of drug-likeness (QED) is 0.767. The predicted octanol–water partition coefficient (Wildman–Crippen LogP) is 4.19. The van der Waals surface area contributed by atoms with Crippen LogP contribution >= 0.6 is 0 Å². The van der Waals surface area contributed by atoms with E-state index in [1.54, 1.807) is 0 Å². The summed E-state index contributed by atoms with van der Waals surface area (Å²) in [4.78, 5) is 12.4. The normalized spacial score (nSPS) is 21.4. The van der Waals surface area contributed by atoms with Gasteiger partial charge in [-0.3, -0.25) is 4.79 Å². The highest BCUT2D eigenvalue weighted by molar-refractivity contribution is 5.92. The lowest BCUT2D eigenvalue weighted by molar-refractivity contribution is -0.120. The van der Waals surface area contributed by atoms with Gasteiger partial charge in [-0.15, -0.1) is 0 Å². The van der Waals surface area contributed by atoms with Gasteiger partial charge in [0.05, 0.1) is 0 Å². The second-order valence-electron chi connectivity index (χ2n) is 6.92. The van der Waals surface area contributed by atoms with E-state index in [0.717, 1.165) is 30.8 Å². The average molecular weight is 337 g/mol. The second kappa shape index (κ2) is 8.17. The summed E-state index contributed by atoms with van der Waals surface area (Å²) in [6, 6.07) is 19.0. The Labute approximate surface area is 150 Å². The SMILES string of the molecule is CC(Nc1ccc(NC(=O)[C@H]2CCN[C@@H](C)C2)cc1)c1ccccc1. The molecule has 1 amide bonds. The highest BCUT2D eigenvalue weighted by atomic mass is 16.1. The topological polar surface area (TPSA) is 53.2 Å². The number of amides is 1. The van der Waals surface area contributed by atoms with Crippen LogP contribution in [0.3, 0.4) is 0 Å². The summed E-state index contributed by atoms with van der Waals surface area (Å²) in [5.74, 6) is 0.235. The van der Waals surface area contributed by atoms with Gasteiger partial charge in [0.1, 0.15) is 0 Å². The Morgan fingerprint density at radius 1 is 1.08 bits per heavy atom. The molecule has 0 saturated carbocycles. The van der Waals surface area contributed by atoms with Crippen LogP contribution in [0.2, 0.25) is 0 Å². The molecule has 1 aliphatic rings. The third-order valence-electron chi connectivity index (χ3n) is 4.83. The molecule has 4 heteroatoms. The molecule has 2 aromatic carbocycles. The number of anilines is 2. The van der Waals surface area contributed by atoms with E-state index in [1.165, 1.54) is 5.56 Å². The van der Waals surface area contributed by atoms with Crippen LogP contribution in [0.15, 0.2) is 54.6 Å². The predicted molar refractivity (Wildman–Crippen MR) is 104 cm³/mol. The van der Waals surface area contributed by atoms with Gasteiger partial charge in [-0.1, -0.05) is 30.3 Å². The highest BCUT2D eigenvalue weighted by Crippen LogP contribution is 2.22. The molecule has 0 bridgehead atoms. The maximum absolute atomic E-state index is 12.4. The monoisotopic (exact) mass is 337 g/mol. The molecular formula is C21H27N3O. The Hall–Kier alpha value is -2.33. The summed E-state index contributed by atoms with van der Waals surface area (Å²) in [7, 11) is 0. The summed E-state index contributed by atoms with van der Waals surface area (Å²) in [6.45, 7) is 5.19. The van der Waals surface area contributed by atoms with Crippen molar-refractivity contribution in [3.8, 4) is 0 Å². The minimum Gasteiger partial charge on any atom is -0.379 e. The second-order valence-corrected chi connectivity index (χ2v) is 6.92. The van der Waals surface area contributed by atoms with Crippen molar-refractivity contribution in [2.24, 2.45) is 5.92 Å². The highest BCUT2D eigenvalue weighted by Gasteiger charge is 2.24. The van der Waals surface area contributed by atoms with Gasteiger partial charge in [-0.25, -0.2) is 0 Å². The fourth-order valence-electron chi connectivity index (χ4n) is 3.34. The molecule has 1 aliphatic heterocycles. The molecule has 1 heterocycles. The van der Waals surface area contributed by atoms with Gasteiger partial charge in [0.2, 0.25) is 5.91 Å². The van der Waals surface area contributed by atoms with Gasteiger partial charge < -0.3 is 16.0 Å². The van der Waals surface area contributed by atoms with Crippen LogP contribution in [0.1, 0.15) is 38.3 Å². The van der Waals surface area contributed by atoms with Crippen molar-refractivity contribution in [3.05, 3.63) is 60.2 Å². The smallest absolute Gasteiger partial charge is 0.227 e. The summed E-state index contributed by atoms with van der Waals surface area (Å²) in [5, 5.41) is 9.92. The van der Waals surface area contributed by atoms with Crippen LogP contribution in [0.4, 0.5) is 11.4 Å². The molecule has 3 atom stereocenters. The Morgan fingerprint density at radius 2 is 1.76 bits per heavy atom. The van der Waals surface area contributed by atoms with E-state index in [2.05, 4.69) is 41.9 Å². The molecule has 1 saturated heterocycles. The van der Waals surface area contributed by atoms with Gasteiger partial charge in [0.15, 0.2) is 0 Å². The Morgan fingerprint density at radius 3 is 2.44 bits per heavy atom. The molecule has 2 aromatic rings. The Balaban J connectivity index is 1.56. The lowest BCUT2D eigenvalue weighted by Crippen LogP contribution is -2.40. The fourth-order valence-corrected chi connectivity index (χ4v) is 3.34. The molecule has 0 radical (unpaired) electrons. The van der Waals surface area contributed by atoms with Gasteiger partial charge in [0, 0.05) is 29.4 Å². The first-order chi connectivity index (χ1) is 12.1. The maximum Gasteiger partial charge on any atom is 0.227 e. The van der Waals surface area contributed by atoms with Crippen molar-refractivity contribution in [2.75, 3.05) is 17.2 Å². The van der Waals surface area contributed by atoms with E-state index in [-0.39, 0.29) is 17.9 Å². The van der Waals surface area contributed by atoms with Crippen molar-refractivity contribution in [1.29, 1.82) is 0 Å². The zero-order valence-corrected chi connectivity index (χ0v) is 15.0. The van der Waals surface area contributed by atoms with Crippen LogP contribution in [-0.4, -0.2) is 18.5 Å². The lowest BCUT2D eigenvalue weighted by atomic mass is 9.92. The van der Waals surface area contributed by atoms with E-state index in [9.17, 15) is 4.79 Å². The van der Waals surface area contributed by atoms with E-state index in [4.69, 9.17) is 0 Å². The van der Waals surface area contributed by atoms with Crippen molar-refractivity contribution >= 4 is 17.3 Å². The molecule has 1 fully saturated rings. The van der Waals surface area contributed by atoms with E-state index in [1.807, 2.05) is 42.5 Å². The number of nitrogens with one attached hydrogen (secondary N) is 3. The number of carbonyl (C=O) groups excluding carboxylic acids is 1. The van der Waals surface area contributed by atoms with E-state index < -0.39 is 0 Å². The van der Waals surface area contributed by atoms with Gasteiger partial charge in [0.25, 0.3) is 0 Å². The van der Waals surface area contributed by atoms with Crippen LogP contribution in [0.5, 0.6) is 0 Å². The lowest BCUT2D eigenvalue weighted by Gasteiger charge is -2.27. The summed E-state index contributed by atoms with van der Waals surface area (Å²) >= 11 is 0. The Kier molecular flexibility index (Phi) is 5.71. The van der Waals surface area contributed by atoms with E-state index in [0.29, 0.717) is 6.04 Å². The zero-order chi connectivity index (χ0) is 17.6. The largest absolute Gasteiger partial charge is 0.379 e. The molecular weight excluding hydrogens is 310 g/mol. The minimum atomic E-state index is 0.104. The zero-order valence-electron chi connectivity index (χ0n) is 15.0.